The first kappa shape index (κ1) is 44.2. The lowest BCUT2D eigenvalue weighted by molar-refractivity contribution is 0.592. The first-order chi connectivity index (χ1) is 36.0. The Kier molecular flexibility index (Phi) is 11.0. The van der Waals surface area contributed by atoms with E-state index in [4.69, 9.17) is 0 Å². The van der Waals surface area contributed by atoms with Gasteiger partial charge < -0.3 is 23.8 Å². The van der Waals surface area contributed by atoms with E-state index >= 15 is 9.13 Å². The number of para-hydroxylation sites is 6. The van der Waals surface area contributed by atoms with Crippen LogP contribution < -0.4 is 46.5 Å². The van der Waals surface area contributed by atoms with Crippen molar-refractivity contribution in [2.75, 3.05) is 14.7 Å². The normalized spacial score (nSPS) is 15.9. The van der Waals surface area contributed by atoms with Gasteiger partial charge in [0, 0.05) is 94.1 Å². The van der Waals surface area contributed by atoms with Crippen LogP contribution in [-0.2, 0) is 9.13 Å². The molecule has 5 nitrogen and oxygen atoms in total. The maximum Gasteiger partial charge on any atom is 0.172 e. The minimum Gasteiger partial charge on any atom is -0.311 e. The minimum absolute atomic E-state index is 0.728. The van der Waals surface area contributed by atoms with Crippen molar-refractivity contribution in [1.82, 2.24) is 0 Å². The standard InChI is InChI=1S/C66H47N3O2P2/c70-72(59-42-38-57(39-43-59)68(52-24-11-3-12-25-52)53-26-13-4-14-27-53)61-32-19-33-62-65(61)66-63(72)46-49(48-34-36-56(37-35-48)67(50-20-7-1-8-21-50)51-22-9-2-10-23-51)47-64(66)73(62,71)60-44-40-58(41-45-60)69(54-28-15-5-16-29-54)55-30-17-6-18-31-55/h1-47H. The zero-order valence-electron chi connectivity index (χ0n) is 39.7. The molecule has 348 valence electrons. The van der Waals surface area contributed by atoms with E-state index in [0.29, 0.717) is 0 Å². The molecule has 0 aromatic heterocycles. The third-order valence-corrected chi connectivity index (χ3v) is 20.4. The van der Waals surface area contributed by atoms with E-state index < -0.39 is 14.3 Å². The highest BCUT2D eigenvalue weighted by Crippen LogP contribution is 2.61. The molecule has 2 unspecified atom stereocenters. The summed E-state index contributed by atoms with van der Waals surface area (Å²) in [7, 11) is -7.05. The molecule has 0 saturated carbocycles. The Labute approximate surface area is 426 Å². The van der Waals surface area contributed by atoms with Gasteiger partial charge in [-0.05, 0) is 157 Å². The number of hydrogen-bond acceptors (Lipinski definition) is 5. The molecule has 0 saturated heterocycles. The van der Waals surface area contributed by atoms with Crippen molar-refractivity contribution in [2.24, 2.45) is 0 Å². The van der Waals surface area contributed by atoms with Crippen molar-refractivity contribution in [3.8, 4) is 22.3 Å². The summed E-state index contributed by atoms with van der Waals surface area (Å²) in [6, 6.07) is 97.2. The van der Waals surface area contributed by atoms with Crippen LogP contribution in [0, 0.1) is 0 Å². The first-order valence-electron chi connectivity index (χ1n) is 24.5. The van der Waals surface area contributed by atoms with Gasteiger partial charge in [-0.25, -0.2) is 0 Å². The summed E-state index contributed by atoms with van der Waals surface area (Å²) in [6.07, 6.45) is 0. The Hall–Kier alpha value is -8.72. The molecule has 0 bridgehead atoms. The van der Waals surface area contributed by atoms with Crippen molar-refractivity contribution in [3.63, 3.8) is 0 Å². The van der Waals surface area contributed by atoms with Gasteiger partial charge in [0.25, 0.3) is 0 Å². The number of nitrogens with zero attached hydrogens (tertiary/aromatic N) is 3. The number of hydrogen-bond donors (Lipinski definition) is 0. The quantitative estimate of drug-likeness (QED) is 0.114. The summed E-state index contributed by atoms with van der Waals surface area (Å²) < 4.78 is 33.4. The zero-order valence-corrected chi connectivity index (χ0v) is 41.5. The van der Waals surface area contributed by atoms with E-state index in [-0.39, 0.29) is 0 Å². The fraction of sp³-hybridized carbons (Fsp3) is 0. The van der Waals surface area contributed by atoms with E-state index in [1.807, 2.05) is 127 Å². The molecule has 0 fully saturated rings. The molecule has 2 atom stereocenters. The summed E-state index contributed by atoms with van der Waals surface area (Å²) in [5, 5.41) is 4.39. The van der Waals surface area contributed by atoms with Crippen molar-refractivity contribution in [1.29, 1.82) is 0 Å². The van der Waals surface area contributed by atoms with Crippen LogP contribution in [0.2, 0.25) is 0 Å². The Balaban J connectivity index is 0.967. The highest BCUT2D eigenvalue weighted by atomic mass is 31.2. The average Bonchev–Trinajstić information content (AvgIpc) is 3.89. The van der Waals surface area contributed by atoms with Gasteiger partial charge in [0.1, 0.15) is 0 Å². The Bertz CT molecular complexity index is 3570. The molecule has 0 amide bonds. The largest absolute Gasteiger partial charge is 0.311 e. The SMILES string of the molecule is O=P1(c2ccc(N(c3ccccc3)c3ccccc3)cc2)c2cccc3c2-c2c1cc(-c1ccc(N(c4ccccc4)c4ccccc4)cc1)cc2P3(=O)c1ccc(N(c2ccccc2)c2ccccc2)cc1. The van der Waals surface area contributed by atoms with Gasteiger partial charge in [0.05, 0.1) is 0 Å². The van der Waals surface area contributed by atoms with Crippen LogP contribution in [0.1, 0.15) is 0 Å². The molecule has 13 rings (SSSR count). The van der Waals surface area contributed by atoms with Gasteiger partial charge >= 0.3 is 0 Å². The average molecular weight is 976 g/mol. The molecule has 11 aromatic carbocycles. The van der Waals surface area contributed by atoms with Gasteiger partial charge in [0.2, 0.25) is 0 Å². The molecular formula is C66H47N3O2P2. The van der Waals surface area contributed by atoms with Crippen LogP contribution >= 0.6 is 14.3 Å². The molecule has 2 heterocycles. The summed E-state index contributed by atoms with van der Waals surface area (Å²) in [4.78, 5) is 6.68. The third-order valence-electron chi connectivity index (χ3n) is 14.2. The van der Waals surface area contributed by atoms with Crippen molar-refractivity contribution < 1.29 is 9.13 Å². The lowest BCUT2D eigenvalue weighted by Gasteiger charge is -2.27. The van der Waals surface area contributed by atoms with Crippen LogP contribution in [0.4, 0.5) is 51.2 Å². The van der Waals surface area contributed by atoms with E-state index in [2.05, 4.69) is 172 Å². The molecule has 0 spiro atoms. The summed E-state index contributed by atoms with van der Waals surface area (Å²) >= 11 is 0. The van der Waals surface area contributed by atoms with E-state index in [9.17, 15) is 0 Å². The number of anilines is 9. The molecule has 0 N–H and O–H groups in total. The van der Waals surface area contributed by atoms with E-state index in [1.54, 1.807) is 0 Å². The minimum atomic E-state index is -3.53. The van der Waals surface area contributed by atoms with Gasteiger partial charge in [-0.2, -0.15) is 0 Å². The van der Waals surface area contributed by atoms with Gasteiger partial charge in [-0.3, -0.25) is 0 Å². The lowest BCUT2D eigenvalue weighted by Crippen LogP contribution is -2.28. The van der Waals surface area contributed by atoms with Crippen LogP contribution in [0.3, 0.4) is 0 Å². The van der Waals surface area contributed by atoms with Crippen LogP contribution in [0.25, 0.3) is 22.3 Å². The van der Waals surface area contributed by atoms with Crippen LogP contribution in [-0.4, -0.2) is 0 Å². The number of benzene rings is 11. The molecule has 7 heteroatoms. The molecule has 2 aliphatic rings. The monoisotopic (exact) mass is 975 g/mol. The molecule has 73 heavy (non-hydrogen) atoms. The first-order valence-corrected chi connectivity index (χ1v) is 28.0. The second kappa shape index (κ2) is 18.2. The Morgan fingerprint density at radius 2 is 0.466 bits per heavy atom. The lowest BCUT2D eigenvalue weighted by atomic mass is 10.00. The second-order valence-corrected chi connectivity index (χ2v) is 23.8. The molecule has 11 aromatic rings. The topological polar surface area (TPSA) is 43.9 Å². The van der Waals surface area contributed by atoms with Gasteiger partial charge in [-0.1, -0.05) is 140 Å². The Morgan fingerprint density at radius 1 is 0.219 bits per heavy atom. The van der Waals surface area contributed by atoms with Crippen molar-refractivity contribution in [3.05, 3.63) is 285 Å². The molecule has 0 radical (unpaired) electrons. The summed E-state index contributed by atoms with van der Waals surface area (Å²) in [5.41, 5.74) is 12.6. The van der Waals surface area contributed by atoms with Crippen LogP contribution in [0.15, 0.2) is 285 Å². The summed E-state index contributed by atoms with van der Waals surface area (Å²) in [6.45, 7) is 0. The highest BCUT2D eigenvalue weighted by molar-refractivity contribution is 7.89. The second-order valence-electron chi connectivity index (χ2n) is 18.4. The predicted molar refractivity (Wildman–Crippen MR) is 307 cm³/mol. The van der Waals surface area contributed by atoms with Crippen LogP contribution in [0.5, 0.6) is 0 Å². The van der Waals surface area contributed by atoms with Gasteiger partial charge in [-0.15, -0.1) is 0 Å². The fourth-order valence-electron chi connectivity index (χ4n) is 10.9. The molecule has 0 aliphatic carbocycles. The summed E-state index contributed by atoms with van der Waals surface area (Å²) in [5.74, 6) is 0. The Morgan fingerprint density at radius 3 is 0.753 bits per heavy atom. The fourth-order valence-corrected chi connectivity index (χ4v) is 17.3. The number of rotatable bonds is 12. The van der Waals surface area contributed by atoms with E-state index in [0.717, 1.165) is 105 Å². The van der Waals surface area contributed by atoms with Gasteiger partial charge in [0.15, 0.2) is 14.3 Å². The predicted octanol–water partition coefficient (Wildman–Crippen LogP) is 15.3. The maximum absolute atomic E-state index is 16.7. The van der Waals surface area contributed by atoms with Crippen molar-refractivity contribution >= 4 is 97.3 Å². The van der Waals surface area contributed by atoms with Crippen molar-refractivity contribution in [2.45, 2.75) is 0 Å². The maximum atomic E-state index is 16.7. The third kappa shape index (κ3) is 7.39. The molecular weight excluding hydrogens is 929 g/mol. The zero-order chi connectivity index (χ0) is 48.9. The molecule has 2 aliphatic heterocycles. The highest BCUT2D eigenvalue weighted by Gasteiger charge is 2.52. The van der Waals surface area contributed by atoms with E-state index in [1.165, 1.54) is 0 Å². The smallest absolute Gasteiger partial charge is 0.172 e.